The molecular formula is C10H12N2O. The molecule has 1 aliphatic rings. The minimum atomic E-state index is 0.00222. The third-order valence-corrected chi connectivity index (χ3v) is 2.36. The molecule has 2 rings (SSSR count). The fourth-order valence-electron chi connectivity index (χ4n) is 1.16. The monoisotopic (exact) mass is 176 g/mol. The summed E-state index contributed by atoms with van der Waals surface area (Å²) >= 11 is 0. The van der Waals surface area contributed by atoms with E-state index >= 15 is 0 Å². The van der Waals surface area contributed by atoms with Crippen molar-refractivity contribution in [3.05, 3.63) is 30.1 Å². The molecule has 0 saturated heterocycles. The Hall–Kier alpha value is -1.38. The Bertz CT molecular complexity index is 317. The van der Waals surface area contributed by atoms with Gasteiger partial charge in [0.1, 0.15) is 0 Å². The van der Waals surface area contributed by atoms with Gasteiger partial charge in [-0.05, 0) is 31.9 Å². The van der Waals surface area contributed by atoms with Crippen molar-refractivity contribution in [1.82, 2.24) is 10.3 Å². The molecule has 1 aromatic heterocycles. The van der Waals surface area contributed by atoms with Crippen molar-refractivity contribution in [2.45, 2.75) is 25.3 Å². The number of nitrogens with zero attached hydrogens (tertiary/aromatic N) is 1. The number of carbonyl (C=O) groups excluding carboxylic acids is 1. The van der Waals surface area contributed by atoms with Crippen LogP contribution in [0.25, 0.3) is 0 Å². The SMILES string of the molecule is CC1(NC(=O)c2ccncc2)CC1. The van der Waals surface area contributed by atoms with Crippen LogP contribution in [0.1, 0.15) is 30.1 Å². The third-order valence-electron chi connectivity index (χ3n) is 2.36. The van der Waals surface area contributed by atoms with Crippen LogP contribution in [-0.4, -0.2) is 16.4 Å². The Morgan fingerprint density at radius 1 is 1.46 bits per heavy atom. The highest BCUT2D eigenvalue weighted by molar-refractivity contribution is 5.94. The largest absolute Gasteiger partial charge is 0.347 e. The van der Waals surface area contributed by atoms with E-state index in [0.29, 0.717) is 5.56 Å². The zero-order valence-electron chi connectivity index (χ0n) is 7.58. The van der Waals surface area contributed by atoms with Crippen LogP contribution in [0.3, 0.4) is 0 Å². The van der Waals surface area contributed by atoms with Gasteiger partial charge in [0.25, 0.3) is 5.91 Å². The molecule has 1 amide bonds. The summed E-state index contributed by atoms with van der Waals surface area (Å²) in [4.78, 5) is 15.4. The number of hydrogen-bond donors (Lipinski definition) is 1. The second-order valence-electron chi connectivity index (χ2n) is 3.75. The standard InChI is InChI=1S/C10H12N2O/c1-10(4-5-10)12-9(13)8-2-6-11-7-3-8/h2-3,6-7H,4-5H2,1H3,(H,12,13). The van der Waals surface area contributed by atoms with Gasteiger partial charge in [0.05, 0.1) is 0 Å². The maximum atomic E-state index is 11.6. The van der Waals surface area contributed by atoms with Gasteiger partial charge in [-0.1, -0.05) is 0 Å². The molecule has 0 unspecified atom stereocenters. The second kappa shape index (κ2) is 2.83. The quantitative estimate of drug-likeness (QED) is 0.739. The first kappa shape index (κ1) is 8.23. The van der Waals surface area contributed by atoms with Crippen LogP contribution in [0.15, 0.2) is 24.5 Å². The predicted octanol–water partition coefficient (Wildman–Crippen LogP) is 1.36. The topological polar surface area (TPSA) is 42.0 Å². The van der Waals surface area contributed by atoms with Gasteiger partial charge in [-0.25, -0.2) is 0 Å². The van der Waals surface area contributed by atoms with Gasteiger partial charge in [0, 0.05) is 23.5 Å². The summed E-state index contributed by atoms with van der Waals surface area (Å²) in [7, 11) is 0. The molecule has 0 radical (unpaired) electrons. The molecular weight excluding hydrogens is 164 g/mol. The van der Waals surface area contributed by atoms with Gasteiger partial charge >= 0.3 is 0 Å². The van der Waals surface area contributed by atoms with E-state index in [4.69, 9.17) is 0 Å². The summed E-state index contributed by atoms with van der Waals surface area (Å²) in [6.07, 6.45) is 5.43. The van der Waals surface area contributed by atoms with Crippen molar-refractivity contribution < 1.29 is 4.79 Å². The van der Waals surface area contributed by atoms with Crippen LogP contribution in [0.2, 0.25) is 0 Å². The molecule has 3 heteroatoms. The third kappa shape index (κ3) is 1.86. The number of carbonyl (C=O) groups is 1. The molecule has 3 nitrogen and oxygen atoms in total. The Morgan fingerprint density at radius 2 is 2.08 bits per heavy atom. The van der Waals surface area contributed by atoms with Crippen LogP contribution in [0, 0.1) is 0 Å². The molecule has 0 aromatic carbocycles. The lowest BCUT2D eigenvalue weighted by Crippen LogP contribution is -2.34. The molecule has 1 N–H and O–H groups in total. The van der Waals surface area contributed by atoms with Crippen molar-refractivity contribution in [3.63, 3.8) is 0 Å². The molecule has 13 heavy (non-hydrogen) atoms. The second-order valence-corrected chi connectivity index (χ2v) is 3.75. The number of pyridine rings is 1. The van der Waals surface area contributed by atoms with Gasteiger partial charge in [0.15, 0.2) is 0 Å². The molecule has 1 saturated carbocycles. The average molecular weight is 176 g/mol. The molecule has 1 heterocycles. The van der Waals surface area contributed by atoms with E-state index in [1.807, 2.05) is 0 Å². The zero-order chi connectivity index (χ0) is 9.31. The number of aromatic nitrogens is 1. The zero-order valence-corrected chi connectivity index (χ0v) is 7.58. The van der Waals surface area contributed by atoms with Crippen molar-refractivity contribution in [3.8, 4) is 0 Å². The van der Waals surface area contributed by atoms with E-state index < -0.39 is 0 Å². The highest BCUT2D eigenvalue weighted by Crippen LogP contribution is 2.34. The summed E-state index contributed by atoms with van der Waals surface area (Å²) in [5.41, 5.74) is 0.739. The van der Waals surface area contributed by atoms with E-state index in [-0.39, 0.29) is 11.4 Å². The maximum absolute atomic E-state index is 11.6. The lowest BCUT2D eigenvalue weighted by Gasteiger charge is -2.10. The molecule has 0 aliphatic heterocycles. The molecule has 1 fully saturated rings. The van der Waals surface area contributed by atoms with Crippen molar-refractivity contribution in [1.29, 1.82) is 0 Å². The first-order valence-corrected chi connectivity index (χ1v) is 4.42. The van der Waals surface area contributed by atoms with Gasteiger partial charge in [-0.15, -0.1) is 0 Å². The summed E-state index contributed by atoms with van der Waals surface area (Å²) in [5.74, 6) is 0.00222. The maximum Gasteiger partial charge on any atom is 0.251 e. The Balaban J connectivity index is 2.06. The number of rotatable bonds is 2. The minimum Gasteiger partial charge on any atom is -0.347 e. The van der Waals surface area contributed by atoms with Gasteiger partial charge in [-0.3, -0.25) is 9.78 Å². The lowest BCUT2D eigenvalue weighted by atomic mass is 10.2. The van der Waals surface area contributed by atoms with Gasteiger partial charge in [0.2, 0.25) is 0 Å². The Labute approximate surface area is 77.2 Å². The minimum absolute atomic E-state index is 0.00222. The van der Waals surface area contributed by atoms with E-state index in [1.54, 1.807) is 24.5 Å². The predicted molar refractivity (Wildman–Crippen MR) is 49.3 cm³/mol. The molecule has 1 aromatic rings. The Morgan fingerprint density at radius 3 is 2.62 bits per heavy atom. The number of hydrogen-bond acceptors (Lipinski definition) is 2. The van der Waals surface area contributed by atoms with Crippen LogP contribution >= 0.6 is 0 Å². The fourth-order valence-corrected chi connectivity index (χ4v) is 1.16. The van der Waals surface area contributed by atoms with Gasteiger partial charge in [-0.2, -0.15) is 0 Å². The highest BCUT2D eigenvalue weighted by Gasteiger charge is 2.38. The van der Waals surface area contributed by atoms with Crippen LogP contribution < -0.4 is 5.32 Å². The molecule has 0 spiro atoms. The van der Waals surface area contributed by atoms with Crippen molar-refractivity contribution in [2.24, 2.45) is 0 Å². The summed E-state index contributed by atoms with van der Waals surface area (Å²) in [5, 5.41) is 2.98. The van der Waals surface area contributed by atoms with Crippen LogP contribution in [-0.2, 0) is 0 Å². The van der Waals surface area contributed by atoms with E-state index in [1.165, 1.54) is 0 Å². The van der Waals surface area contributed by atoms with Crippen LogP contribution in [0.4, 0.5) is 0 Å². The smallest absolute Gasteiger partial charge is 0.251 e. The molecule has 0 atom stereocenters. The molecule has 1 aliphatic carbocycles. The van der Waals surface area contributed by atoms with E-state index in [0.717, 1.165) is 12.8 Å². The van der Waals surface area contributed by atoms with Crippen molar-refractivity contribution in [2.75, 3.05) is 0 Å². The van der Waals surface area contributed by atoms with Gasteiger partial charge < -0.3 is 5.32 Å². The summed E-state index contributed by atoms with van der Waals surface area (Å²) in [6.45, 7) is 2.06. The summed E-state index contributed by atoms with van der Waals surface area (Å²) in [6, 6.07) is 3.45. The molecule has 0 bridgehead atoms. The first-order valence-electron chi connectivity index (χ1n) is 4.42. The normalized spacial score (nSPS) is 17.9. The highest BCUT2D eigenvalue weighted by atomic mass is 16.1. The average Bonchev–Trinajstić information content (AvgIpc) is 2.85. The molecule has 68 valence electrons. The van der Waals surface area contributed by atoms with E-state index in [2.05, 4.69) is 17.2 Å². The van der Waals surface area contributed by atoms with E-state index in [9.17, 15) is 4.79 Å². The number of amides is 1. The lowest BCUT2D eigenvalue weighted by molar-refractivity contribution is 0.0935. The first-order chi connectivity index (χ1) is 6.20. The fraction of sp³-hybridized carbons (Fsp3) is 0.400. The Kier molecular flexibility index (Phi) is 1.79. The summed E-state index contributed by atoms with van der Waals surface area (Å²) < 4.78 is 0. The number of nitrogens with one attached hydrogen (secondary N) is 1. The van der Waals surface area contributed by atoms with Crippen LogP contribution in [0.5, 0.6) is 0 Å². The van der Waals surface area contributed by atoms with Crippen molar-refractivity contribution >= 4 is 5.91 Å².